The van der Waals surface area contributed by atoms with Crippen molar-refractivity contribution in [2.75, 3.05) is 13.6 Å². The van der Waals surface area contributed by atoms with Gasteiger partial charge >= 0.3 is 0 Å². The lowest BCUT2D eigenvalue weighted by molar-refractivity contribution is -0.150. The van der Waals surface area contributed by atoms with Gasteiger partial charge in [0.2, 0.25) is 0 Å². The zero-order chi connectivity index (χ0) is 18.7. The molecule has 0 aromatic heterocycles. The molecule has 0 aliphatic rings. The van der Waals surface area contributed by atoms with Crippen LogP contribution in [0, 0.1) is 0 Å². The van der Waals surface area contributed by atoms with E-state index in [2.05, 4.69) is 21.4 Å². The Morgan fingerprint density at radius 1 is 1.16 bits per heavy atom. The van der Waals surface area contributed by atoms with Crippen LogP contribution < -0.4 is 0 Å². The number of benzene rings is 2. The lowest BCUT2D eigenvalue weighted by Crippen LogP contribution is -2.20. The third-order valence-electron chi connectivity index (χ3n) is 3.42. The van der Waals surface area contributed by atoms with Gasteiger partial charge in [-0.2, -0.15) is 5.06 Å². The first-order valence-corrected chi connectivity index (χ1v) is 9.38. The fraction of sp³-hybridized carbons (Fsp3) is 0.316. The number of nitrogens with zero attached hydrogens (tertiary/aromatic N) is 1. The van der Waals surface area contributed by atoms with Crippen molar-refractivity contribution >= 4 is 38.7 Å². The SMILES string of the molecule is CC=O.CN(CCC(P)c1ccc(Cl)c(Cl)c1)OCc1ccccc1. The summed E-state index contributed by atoms with van der Waals surface area (Å²) in [6.45, 7) is 2.87. The fourth-order valence-electron chi connectivity index (χ4n) is 2.05. The van der Waals surface area contributed by atoms with Gasteiger partial charge in [0.15, 0.2) is 0 Å². The van der Waals surface area contributed by atoms with Crippen LogP contribution in [0.4, 0.5) is 0 Å². The zero-order valence-electron chi connectivity index (χ0n) is 14.5. The molecule has 25 heavy (non-hydrogen) atoms. The molecule has 0 saturated carbocycles. The minimum atomic E-state index is 0.317. The predicted molar refractivity (Wildman–Crippen MR) is 109 cm³/mol. The number of carbonyl (C=O) groups excluding carboxylic acids is 1. The summed E-state index contributed by atoms with van der Waals surface area (Å²) >= 11 is 12.0. The van der Waals surface area contributed by atoms with E-state index in [1.165, 1.54) is 12.5 Å². The summed E-state index contributed by atoms with van der Waals surface area (Å²) in [7, 11) is 4.81. The first-order chi connectivity index (χ1) is 12.0. The molecule has 0 N–H and O–H groups in total. The highest BCUT2D eigenvalue weighted by Gasteiger charge is 2.10. The van der Waals surface area contributed by atoms with Crippen molar-refractivity contribution < 1.29 is 9.63 Å². The van der Waals surface area contributed by atoms with Crippen molar-refractivity contribution in [1.29, 1.82) is 0 Å². The zero-order valence-corrected chi connectivity index (χ0v) is 17.2. The maximum Gasteiger partial charge on any atom is 0.116 e. The Kier molecular flexibility index (Phi) is 11.0. The van der Waals surface area contributed by atoms with Gasteiger partial charge in [-0.15, -0.1) is 9.24 Å². The average Bonchev–Trinajstić information content (AvgIpc) is 2.61. The number of hydroxylamine groups is 2. The van der Waals surface area contributed by atoms with Crippen molar-refractivity contribution in [3.8, 4) is 0 Å². The van der Waals surface area contributed by atoms with Gasteiger partial charge in [0, 0.05) is 13.6 Å². The second-order valence-corrected chi connectivity index (χ2v) is 7.03. The molecule has 6 heteroatoms. The molecule has 2 unspecified atom stereocenters. The highest BCUT2D eigenvalue weighted by molar-refractivity contribution is 7.17. The van der Waals surface area contributed by atoms with Crippen molar-refractivity contribution in [3.05, 3.63) is 69.7 Å². The van der Waals surface area contributed by atoms with E-state index in [1.54, 1.807) is 0 Å². The first-order valence-electron chi connectivity index (χ1n) is 7.96. The van der Waals surface area contributed by atoms with Gasteiger partial charge in [0.25, 0.3) is 0 Å². The van der Waals surface area contributed by atoms with E-state index in [-0.39, 0.29) is 0 Å². The molecule has 0 heterocycles. The third kappa shape index (κ3) is 8.80. The maximum absolute atomic E-state index is 8.81. The normalized spacial score (nSPS) is 11.6. The molecule has 2 rings (SSSR count). The number of hydrogen-bond donors (Lipinski definition) is 0. The van der Waals surface area contributed by atoms with E-state index in [9.17, 15) is 0 Å². The third-order valence-corrected chi connectivity index (χ3v) is 4.88. The minimum absolute atomic E-state index is 0.317. The van der Waals surface area contributed by atoms with Gasteiger partial charge in [0.05, 0.1) is 16.7 Å². The molecular formula is C19H24Cl2NO2P. The summed E-state index contributed by atoms with van der Waals surface area (Å²) in [5.41, 5.74) is 2.65. The van der Waals surface area contributed by atoms with E-state index in [4.69, 9.17) is 32.8 Å². The van der Waals surface area contributed by atoms with Crippen molar-refractivity contribution in [2.45, 2.75) is 25.6 Å². The Labute approximate surface area is 162 Å². The van der Waals surface area contributed by atoms with E-state index >= 15 is 0 Å². The summed E-state index contributed by atoms with van der Waals surface area (Å²) in [6.07, 6.45) is 1.70. The van der Waals surface area contributed by atoms with Gasteiger partial charge in [-0.25, -0.2) is 0 Å². The Morgan fingerprint density at radius 3 is 2.40 bits per heavy atom. The van der Waals surface area contributed by atoms with Crippen LogP contribution in [-0.4, -0.2) is 24.9 Å². The predicted octanol–water partition coefficient (Wildman–Crippen LogP) is 5.57. The molecule has 0 bridgehead atoms. The standard InChI is InChI=1S/C17H20Cl2NOP.C2H4O/c1-20(21-12-13-5-3-2-4-6-13)10-9-17(22)14-7-8-15(18)16(19)11-14;1-2-3/h2-8,11,17H,9-10,12,22H2,1H3;2H,1H3. The quantitative estimate of drug-likeness (QED) is 0.346. The number of aldehydes is 1. The smallest absolute Gasteiger partial charge is 0.116 e. The molecular weight excluding hydrogens is 376 g/mol. The van der Waals surface area contributed by atoms with Gasteiger partial charge in [-0.05, 0) is 42.3 Å². The summed E-state index contributed by atoms with van der Waals surface area (Å²) in [6, 6.07) is 15.9. The van der Waals surface area contributed by atoms with Crippen molar-refractivity contribution in [1.82, 2.24) is 5.06 Å². The van der Waals surface area contributed by atoms with Crippen LogP contribution in [0.3, 0.4) is 0 Å². The van der Waals surface area contributed by atoms with Crippen LogP contribution in [0.1, 0.15) is 30.1 Å². The van der Waals surface area contributed by atoms with Crippen LogP contribution >= 0.6 is 32.4 Å². The molecule has 0 spiro atoms. The second kappa shape index (κ2) is 12.4. The number of rotatable bonds is 7. The first kappa shape index (κ1) is 22.1. The Bertz CT molecular complexity index is 641. The minimum Gasteiger partial charge on any atom is -0.304 e. The Hall–Kier alpha value is -0.960. The molecule has 2 atom stereocenters. The van der Waals surface area contributed by atoms with E-state index in [0.29, 0.717) is 22.3 Å². The van der Waals surface area contributed by atoms with Gasteiger partial charge < -0.3 is 4.79 Å². The Balaban J connectivity index is 0.000000970. The second-order valence-electron chi connectivity index (χ2n) is 5.41. The topological polar surface area (TPSA) is 29.5 Å². The summed E-state index contributed by atoms with van der Waals surface area (Å²) in [5.74, 6) is 0. The molecule has 0 fully saturated rings. The maximum atomic E-state index is 8.81. The highest BCUT2D eigenvalue weighted by atomic mass is 35.5. The average molecular weight is 400 g/mol. The molecule has 2 aromatic rings. The van der Waals surface area contributed by atoms with Crippen LogP contribution in [-0.2, 0) is 16.2 Å². The van der Waals surface area contributed by atoms with Crippen molar-refractivity contribution in [3.63, 3.8) is 0 Å². The summed E-state index contributed by atoms with van der Waals surface area (Å²) < 4.78 is 0. The molecule has 0 amide bonds. The number of carbonyl (C=O) groups is 1. The van der Waals surface area contributed by atoms with Gasteiger partial charge in [-0.3, -0.25) is 4.84 Å². The highest BCUT2D eigenvalue weighted by Crippen LogP contribution is 2.31. The van der Waals surface area contributed by atoms with Crippen LogP contribution in [0.5, 0.6) is 0 Å². The largest absolute Gasteiger partial charge is 0.304 e. The summed E-state index contributed by atoms with van der Waals surface area (Å²) in [4.78, 5) is 14.5. The van der Waals surface area contributed by atoms with E-state index in [0.717, 1.165) is 24.8 Å². The Morgan fingerprint density at radius 2 is 1.80 bits per heavy atom. The molecule has 0 radical (unpaired) electrons. The molecule has 2 aromatic carbocycles. The van der Waals surface area contributed by atoms with E-state index < -0.39 is 0 Å². The lowest BCUT2D eigenvalue weighted by atomic mass is 10.1. The monoisotopic (exact) mass is 399 g/mol. The molecule has 0 aliphatic heterocycles. The fourth-order valence-corrected chi connectivity index (χ4v) is 2.72. The van der Waals surface area contributed by atoms with Gasteiger partial charge in [0.1, 0.15) is 6.29 Å². The molecule has 0 aliphatic carbocycles. The van der Waals surface area contributed by atoms with Crippen LogP contribution in [0.2, 0.25) is 10.0 Å². The molecule has 0 saturated heterocycles. The molecule has 136 valence electrons. The van der Waals surface area contributed by atoms with Crippen molar-refractivity contribution in [2.24, 2.45) is 0 Å². The summed E-state index contributed by atoms with van der Waals surface area (Å²) in [5, 5.41) is 3.06. The number of hydrogen-bond acceptors (Lipinski definition) is 3. The number of halogens is 2. The van der Waals surface area contributed by atoms with Crippen LogP contribution in [0.15, 0.2) is 48.5 Å². The van der Waals surface area contributed by atoms with Crippen LogP contribution in [0.25, 0.3) is 0 Å². The molecule has 3 nitrogen and oxygen atoms in total. The van der Waals surface area contributed by atoms with E-state index in [1.807, 2.05) is 48.5 Å². The lowest BCUT2D eigenvalue weighted by Gasteiger charge is -2.19. The van der Waals surface area contributed by atoms with Gasteiger partial charge in [-0.1, -0.05) is 59.6 Å².